The van der Waals surface area contributed by atoms with Crippen LogP contribution < -0.4 is 15.7 Å². The van der Waals surface area contributed by atoms with Gasteiger partial charge in [0.25, 0.3) is 5.91 Å². The number of anilines is 1. The molecule has 0 unspecified atom stereocenters. The molecule has 1 heterocycles. The molecule has 3 aromatic rings. The SMILES string of the molecule is CC(C)Oc1ccc2c(C(=O)Nc3ccccc3Cl)cc(=O)oc2c1. The van der Waals surface area contributed by atoms with Crippen molar-refractivity contribution < 1.29 is 13.9 Å². The monoisotopic (exact) mass is 357 g/mol. The van der Waals surface area contributed by atoms with Gasteiger partial charge >= 0.3 is 5.63 Å². The van der Waals surface area contributed by atoms with Crippen molar-refractivity contribution in [2.45, 2.75) is 20.0 Å². The highest BCUT2D eigenvalue weighted by atomic mass is 35.5. The van der Waals surface area contributed by atoms with Crippen molar-refractivity contribution in [2.75, 3.05) is 5.32 Å². The fraction of sp³-hybridized carbons (Fsp3) is 0.158. The number of carbonyl (C=O) groups excluding carboxylic acids is 1. The lowest BCUT2D eigenvalue weighted by Gasteiger charge is -2.11. The Balaban J connectivity index is 2.02. The Labute approximate surface area is 149 Å². The molecule has 128 valence electrons. The fourth-order valence-electron chi connectivity index (χ4n) is 2.43. The molecule has 1 aromatic heterocycles. The van der Waals surface area contributed by atoms with Gasteiger partial charge in [0, 0.05) is 17.5 Å². The number of hydrogen-bond donors (Lipinski definition) is 1. The minimum absolute atomic E-state index is 0.0177. The van der Waals surface area contributed by atoms with E-state index in [-0.39, 0.29) is 17.3 Å². The molecule has 0 fully saturated rings. The molecule has 1 amide bonds. The largest absolute Gasteiger partial charge is 0.491 e. The van der Waals surface area contributed by atoms with Crippen LogP contribution in [0.2, 0.25) is 5.02 Å². The first-order valence-corrected chi connectivity index (χ1v) is 8.12. The Kier molecular flexibility index (Phi) is 4.76. The minimum Gasteiger partial charge on any atom is -0.491 e. The number of fused-ring (bicyclic) bond motifs is 1. The van der Waals surface area contributed by atoms with E-state index in [4.69, 9.17) is 20.8 Å². The van der Waals surface area contributed by atoms with Crippen molar-refractivity contribution in [1.82, 2.24) is 0 Å². The maximum Gasteiger partial charge on any atom is 0.337 e. The van der Waals surface area contributed by atoms with Crippen LogP contribution in [0.4, 0.5) is 5.69 Å². The molecule has 0 saturated heterocycles. The topological polar surface area (TPSA) is 68.5 Å². The summed E-state index contributed by atoms with van der Waals surface area (Å²) in [7, 11) is 0. The lowest BCUT2D eigenvalue weighted by molar-refractivity contribution is 0.102. The number of amides is 1. The zero-order valence-electron chi connectivity index (χ0n) is 13.7. The minimum atomic E-state index is -0.612. The van der Waals surface area contributed by atoms with Crippen LogP contribution in [0.15, 0.2) is 57.7 Å². The average Bonchev–Trinajstić information content (AvgIpc) is 2.55. The maximum absolute atomic E-state index is 12.6. The van der Waals surface area contributed by atoms with Crippen LogP contribution in [0.3, 0.4) is 0 Å². The highest BCUT2D eigenvalue weighted by Crippen LogP contribution is 2.25. The smallest absolute Gasteiger partial charge is 0.337 e. The second-order valence-electron chi connectivity index (χ2n) is 5.74. The highest BCUT2D eigenvalue weighted by Gasteiger charge is 2.15. The van der Waals surface area contributed by atoms with Crippen molar-refractivity contribution in [3.05, 3.63) is 69.5 Å². The average molecular weight is 358 g/mol. The van der Waals surface area contributed by atoms with Crippen LogP contribution in [0, 0.1) is 0 Å². The first kappa shape index (κ1) is 17.0. The van der Waals surface area contributed by atoms with Crippen LogP contribution in [-0.2, 0) is 0 Å². The van der Waals surface area contributed by atoms with Crippen LogP contribution in [0.1, 0.15) is 24.2 Å². The molecule has 0 spiro atoms. The van der Waals surface area contributed by atoms with Gasteiger partial charge in [-0.3, -0.25) is 4.79 Å². The van der Waals surface area contributed by atoms with E-state index < -0.39 is 11.5 Å². The molecule has 0 aliphatic carbocycles. The van der Waals surface area contributed by atoms with E-state index in [1.807, 2.05) is 13.8 Å². The number of benzene rings is 2. The first-order valence-electron chi connectivity index (χ1n) is 7.74. The standard InChI is InChI=1S/C19H16ClNO4/c1-11(2)24-12-7-8-13-14(10-18(22)25-17(13)9-12)19(23)21-16-6-4-3-5-15(16)20/h3-11H,1-2H3,(H,21,23). The molecule has 0 aliphatic heterocycles. The van der Waals surface area contributed by atoms with Crippen molar-refractivity contribution >= 4 is 34.2 Å². The van der Waals surface area contributed by atoms with Gasteiger partial charge in [0.05, 0.1) is 22.4 Å². The predicted octanol–water partition coefficient (Wildman–Crippen LogP) is 4.49. The molecule has 0 radical (unpaired) electrons. The van der Waals surface area contributed by atoms with Gasteiger partial charge in [-0.15, -0.1) is 0 Å². The quantitative estimate of drug-likeness (QED) is 0.699. The molecule has 2 aromatic carbocycles. The predicted molar refractivity (Wildman–Crippen MR) is 97.7 cm³/mol. The Bertz CT molecular complexity index is 994. The summed E-state index contributed by atoms with van der Waals surface area (Å²) in [6.45, 7) is 3.79. The lowest BCUT2D eigenvalue weighted by Crippen LogP contribution is -2.15. The third kappa shape index (κ3) is 3.83. The summed E-state index contributed by atoms with van der Waals surface area (Å²) >= 11 is 6.06. The van der Waals surface area contributed by atoms with Gasteiger partial charge in [0.15, 0.2) is 0 Å². The normalized spacial score (nSPS) is 10.9. The zero-order chi connectivity index (χ0) is 18.0. The van der Waals surface area contributed by atoms with Gasteiger partial charge in [0.1, 0.15) is 11.3 Å². The zero-order valence-corrected chi connectivity index (χ0v) is 14.5. The van der Waals surface area contributed by atoms with Crippen LogP contribution in [-0.4, -0.2) is 12.0 Å². The molecule has 6 heteroatoms. The summed E-state index contributed by atoms with van der Waals surface area (Å²) < 4.78 is 10.8. The third-order valence-electron chi connectivity index (χ3n) is 3.45. The van der Waals surface area contributed by atoms with E-state index in [1.165, 1.54) is 0 Å². The van der Waals surface area contributed by atoms with Crippen LogP contribution >= 0.6 is 11.6 Å². The van der Waals surface area contributed by atoms with Crippen LogP contribution in [0.25, 0.3) is 11.0 Å². The number of nitrogens with one attached hydrogen (secondary N) is 1. The molecule has 0 bridgehead atoms. The Morgan fingerprint density at radius 1 is 1.16 bits per heavy atom. The van der Waals surface area contributed by atoms with Gasteiger partial charge in [0.2, 0.25) is 0 Å². The Morgan fingerprint density at radius 2 is 1.92 bits per heavy atom. The number of ether oxygens (including phenoxy) is 1. The first-order chi connectivity index (χ1) is 11.9. The molecule has 0 saturated carbocycles. The molecular formula is C19H16ClNO4. The number of carbonyl (C=O) groups is 1. The third-order valence-corrected chi connectivity index (χ3v) is 3.78. The highest BCUT2D eigenvalue weighted by molar-refractivity contribution is 6.34. The van der Waals surface area contributed by atoms with Crippen molar-refractivity contribution in [3.63, 3.8) is 0 Å². The summed E-state index contributed by atoms with van der Waals surface area (Å²) in [5.74, 6) is 0.123. The van der Waals surface area contributed by atoms with Crippen LogP contribution in [0.5, 0.6) is 5.75 Å². The van der Waals surface area contributed by atoms with Gasteiger partial charge < -0.3 is 14.5 Å². The van der Waals surface area contributed by atoms with E-state index in [1.54, 1.807) is 42.5 Å². The second kappa shape index (κ2) is 6.99. The van der Waals surface area contributed by atoms with E-state index in [0.29, 0.717) is 21.8 Å². The number of halogens is 1. The molecule has 25 heavy (non-hydrogen) atoms. The fourth-order valence-corrected chi connectivity index (χ4v) is 2.61. The van der Waals surface area contributed by atoms with Crippen molar-refractivity contribution in [1.29, 1.82) is 0 Å². The van der Waals surface area contributed by atoms with Gasteiger partial charge in [-0.2, -0.15) is 0 Å². The van der Waals surface area contributed by atoms with E-state index in [2.05, 4.69) is 5.32 Å². The summed E-state index contributed by atoms with van der Waals surface area (Å²) in [5, 5.41) is 3.64. The second-order valence-corrected chi connectivity index (χ2v) is 6.14. The van der Waals surface area contributed by atoms with Crippen molar-refractivity contribution in [3.8, 4) is 5.75 Å². The molecule has 5 nitrogen and oxygen atoms in total. The van der Waals surface area contributed by atoms with Crippen molar-refractivity contribution in [2.24, 2.45) is 0 Å². The van der Waals surface area contributed by atoms with E-state index in [9.17, 15) is 9.59 Å². The number of rotatable bonds is 4. The summed E-state index contributed by atoms with van der Waals surface area (Å²) in [6.07, 6.45) is -0.0177. The van der Waals surface area contributed by atoms with Gasteiger partial charge in [-0.25, -0.2) is 4.79 Å². The number of para-hydroxylation sites is 1. The van der Waals surface area contributed by atoms with Gasteiger partial charge in [-0.1, -0.05) is 23.7 Å². The van der Waals surface area contributed by atoms with E-state index in [0.717, 1.165) is 6.07 Å². The molecule has 0 aliphatic rings. The lowest BCUT2D eigenvalue weighted by atomic mass is 10.1. The van der Waals surface area contributed by atoms with Gasteiger partial charge in [-0.05, 0) is 38.1 Å². The summed E-state index contributed by atoms with van der Waals surface area (Å²) in [6, 6.07) is 13.1. The Morgan fingerprint density at radius 3 is 2.64 bits per heavy atom. The summed E-state index contributed by atoms with van der Waals surface area (Å²) in [4.78, 5) is 24.5. The summed E-state index contributed by atoms with van der Waals surface area (Å²) in [5.41, 5.74) is 0.353. The molecule has 0 atom stereocenters. The molecule has 3 rings (SSSR count). The molecular weight excluding hydrogens is 342 g/mol. The number of hydrogen-bond acceptors (Lipinski definition) is 4. The Hall–Kier alpha value is -2.79. The maximum atomic E-state index is 12.6. The van der Waals surface area contributed by atoms with E-state index >= 15 is 0 Å². The molecule has 1 N–H and O–H groups in total.